The van der Waals surface area contributed by atoms with Gasteiger partial charge in [0.05, 0.1) is 20.1 Å². The van der Waals surface area contributed by atoms with Gasteiger partial charge >= 0.3 is 5.97 Å². The van der Waals surface area contributed by atoms with Crippen LogP contribution in [0.25, 0.3) is 0 Å². The van der Waals surface area contributed by atoms with Crippen molar-refractivity contribution in [2.75, 3.05) is 20.8 Å². The zero-order chi connectivity index (χ0) is 12.8. The summed E-state index contributed by atoms with van der Waals surface area (Å²) in [5.41, 5.74) is 6.23. The average molecular weight is 239 g/mol. The summed E-state index contributed by atoms with van der Waals surface area (Å²) >= 11 is 0. The topological polar surface area (TPSA) is 81.8 Å². The van der Waals surface area contributed by atoms with Gasteiger partial charge in [-0.3, -0.25) is 4.79 Å². The van der Waals surface area contributed by atoms with Crippen LogP contribution in [0.2, 0.25) is 0 Å². The summed E-state index contributed by atoms with van der Waals surface area (Å²) in [5, 5.41) is 8.95. The van der Waals surface area contributed by atoms with E-state index in [9.17, 15) is 4.79 Å². The van der Waals surface area contributed by atoms with Crippen molar-refractivity contribution in [3.05, 3.63) is 23.8 Å². The molecule has 5 nitrogen and oxygen atoms in total. The molecule has 3 N–H and O–H groups in total. The van der Waals surface area contributed by atoms with Crippen LogP contribution in [0.1, 0.15) is 5.56 Å². The number of carbonyl (C=O) groups is 1. The van der Waals surface area contributed by atoms with Gasteiger partial charge in [-0.25, -0.2) is 0 Å². The first-order chi connectivity index (χ1) is 8.12. The molecule has 1 aromatic carbocycles. The number of methoxy groups -OCH3 is 2. The van der Waals surface area contributed by atoms with Crippen molar-refractivity contribution >= 4 is 5.97 Å². The van der Waals surface area contributed by atoms with Gasteiger partial charge in [-0.2, -0.15) is 0 Å². The molecular weight excluding hydrogens is 222 g/mol. The summed E-state index contributed by atoms with van der Waals surface area (Å²) in [7, 11) is 3.10. The monoisotopic (exact) mass is 239 g/mol. The van der Waals surface area contributed by atoms with Crippen molar-refractivity contribution in [2.45, 2.75) is 6.42 Å². The Hall–Kier alpha value is -1.75. The summed E-state index contributed by atoms with van der Waals surface area (Å²) in [6.07, 6.45) is 0.346. The second kappa shape index (κ2) is 6.10. The molecule has 0 aliphatic heterocycles. The molecule has 0 spiro atoms. The minimum Gasteiger partial charge on any atom is -0.497 e. The van der Waals surface area contributed by atoms with E-state index in [1.54, 1.807) is 25.3 Å². The van der Waals surface area contributed by atoms with E-state index in [2.05, 4.69) is 0 Å². The number of nitrogens with two attached hydrogens (primary N) is 1. The second-order valence-corrected chi connectivity index (χ2v) is 3.65. The predicted molar refractivity (Wildman–Crippen MR) is 63.4 cm³/mol. The van der Waals surface area contributed by atoms with Gasteiger partial charge < -0.3 is 20.3 Å². The van der Waals surface area contributed by atoms with Crippen LogP contribution in [-0.2, 0) is 11.2 Å². The summed E-state index contributed by atoms with van der Waals surface area (Å²) in [5.74, 6) is -0.211. The number of aliphatic carboxylic acids is 1. The first-order valence-corrected chi connectivity index (χ1v) is 5.26. The summed E-state index contributed by atoms with van der Waals surface area (Å²) in [4.78, 5) is 10.9. The average Bonchev–Trinajstić information content (AvgIpc) is 2.35. The van der Waals surface area contributed by atoms with E-state index in [0.29, 0.717) is 17.9 Å². The molecule has 0 saturated heterocycles. The van der Waals surface area contributed by atoms with Crippen LogP contribution in [0, 0.1) is 5.92 Å². The maximum Gasteiger partial charge on any atom is 0.308 e. The highest BCUT2D eigenvalue weighted by atomic mass is 16.5. The minimum absolute atomic E-state index is 0.102. The van der Waals surface area contributed by atoms with Gasteiger partial charge in [0.25, 0.3) is 0 Å². The van der Waals surface area contributed by atoms with Crippen LogP contribution in [0.5, 0.6) is 11.5 Å². The van der Waals surface area contributed by atoms with E-state index in [0.717, 1.165) is 5.56 Å². The molecule has 0 aliphatic rings. The zero-order valence-corrected chi connectivity index (χ0v) is 9.97. The first kappa shape index (κ1) is 13.3. The van der Waals surface area contributed by atoms with E-state index in [1.807, 2.05) is 0 Å². The van der Waals surface area contributed by atoms with Gasteiger partial charge in [-0.05, 0) is 18.1 Å². The molecule has 0 saturated carbocycles. The largest absolute Gasteiger partial charge is 0.497 e. The molecule has 1 atom stereocenters. The van der Waals surface area contributed by atoms with Crippen molar-refractivity contribution in [3.8, 4) is 11.5 Å². The third-order valence-electron chi connectivity index (χ3n) is 2.59. The minimum atomic E-state index is -0.898. The highest BCUT2D eigenvalue weighted by molar-refractivity contribution is 5.71. The molecule has 0 bridgehead atoms. The second-order valence-electron chi connectivity index (χ2n) is 3.65. The maximum absolute atomic E-state index is 10.9. The van der Waals surface area contributed by atoms with E-state index < -0.39 is 11.9 Å². The van der Waals surface area contributed by atoms with Crippen LogP contribution in [-0.4, -0.2) is 31.8 Å². The van der Waals surface area contributed by atoms with Gasteiger partial charge in [0.1, 0.15) is 11.5 Å². The Labute approximate surface area is 100 Å². The number of benzene rings is 1. The fourth-order valence-electron chi connectivity index (χ4n) is 1.56. The number of hydrogen-bond acceptors (Lipinski definition) is 4. The first-order valence-electron chi connectivity index (χ1n) is 5.26. The SMILES string of the molecule is COc1ccc(CC(CN)C(=O)O)c(OC)c1. The molecule has 1 unspecified atom stereocenters. The van der Waals surface area contributed by atoms with Crippen LogP contribution in [0.15, 0.2) is 18.2 Å². The van der Waals surface area contributed by atoms with Crippen LogP contribution in [0.3, 0.4) is 0 Å². The Morgan fingerprint density at radius 3 is 2.59 bits per heavy atom. The lowest BCUT2D eigenvalue weighted by Gasteiger charge is -2.13. The molecule has 1 aromatic rings. The van der Waals surface area contributed by atoms with Crippen molar-refractivity contribution in [3.63, 3.8) is 0 Å². The fraction of sp³-hybridized carbons (Fsp3) is 0.417. The van der Waals surface area contributed by atoms with Gasteiger partial charge in [-0.15, -0.1) is 0 Å². The van der Waals surface area contributed by atoms with E-state index in [4.69, 9.17) is 20.3 Å². The highest BCUT2D eigenvalue weighted by Crippen LogP contribution is 2.26. The Kier molecular flexibility index (Phi) is 4.78. The number of carboxylic acid groups (broad SMARTS) is 1. The fourth-order valence-corrected chi connectivity index (χ4v) is 1.56. The number of rotatable bonds is 6. The summed E-state index contributed by atoms with van der Waals surface area (Å²) < 4.78 is 10.3. The third kappa shape index (κ3) is 3.35. The lowest BCUT2D eigenvalue weighted by Crippen LogP contribution is -2.25. The van der Waals surface area contributed by atoms with E-state index >= 15 is 0 Å². The smallest absolute Gasteiger partial charge is 0.308 e. The third-order valence-corrected chi connectivity index (χ3v) is 2.59. The van der Waals surface area contributed by atoms with Crippen LogP contribution >= 0.6 is 0 Å². The Morgan fingerprint density at radius 2 is 2.12 bits per heavy atom. The Morgan fingerprint density at radius 1 is 1.41 bits per heavy atom. The molecule has 0 heterocycles. The molecule has 0 fully saturated rings. The Bertz CT molecular complexity index is 392. The predicted octanol–water partition coefficient (Wildman–Crippen LogP) is 0.906. The lowest BCUT2D eigenvalue weighted by molar-refractivity contribution is -0.141. The number of carboxylic acids is 1. The molecule has 1 rings (SSSR count). The van der Waals surface area contributed by atoms with Crippen LogP contribution < -0.4 is 15.2 Å². The zero-order valence-electron chi connectivity index (χ0n) is 9.97. The van der Waals surface area contributed by atoms with Gasteiger partial charge in [-0.1, -0.05) is 6.07 Å². The van der Waals surface area contributed by atoms with Crippen molar-refractivity contribution in [1.29, 1.82) is 0 Å². The molecule has 5 heteroatoms. The number of ether oxygens (including phenoxy) is 2. The standard InChI is InChI=1S/C12H17NO4/c1-16-10-4-3-8(11(6-10)17-2)5-9(7-13)12(14)15/h3-4,6,9H,5,7,13H2,1-2H3,(H,14,15). The summed E-state index contributed by atoms with van der Waals surface area (Å²) in [6, 6.07) is 5.29. The normalized spacial score (nSPS) is 11.9. The highest BCUT2D eigenvalue weighted by Gasteiger charge is 2.18. The van der Waals surface area contributed by atoms with Gasteiger partial charge in [0.15, 0.2) is 0 Å². The van der Waals surface area contributed by atoms with Gasteiger partial charge in [0, 0.05) is 12.6 Å². The Balaban J connectivity index is 2.93. The summed E-state index contributed by atoms with van der Waals surface area (Å²) in [6.45, 7) is 0.102. The van der Waals surface area contributed by atoms with Crippen LogP contribution in [0.4, 0.5) is 0 Å². The van der Waals surface area contributed by atoms with Gasteiger partial charge in [0.2, 0.25) is 0 Å². The quantitative estimate of drug-likeness (QED) is 0.771. The molecular formula is C12H17NO4. The molecule has 0 aromatic heterocycles. The number of hydrogen-bond donors (Lipinski definition) is 2. The molecule has 0 radical (unpaired) electrons. The van der Waals surface area contributed by atoms with Crippen molar-refractivity contribution in [2.24, 2.45) is 11.7 Å². The molecule has 94 valence electrons. The molecule has 17 heavy (non-hydrogen) atoms. The molecule has 0 amide bonds. The lowest BCUT2D eigenvalue weighted by atomic mass is 9.99. The molecule has 0 aliphatic carbocycles. The van der Waals surface area contributed by atoms with Crippen molar-refractivity contribution in [1.82, 2.24) is 0 Å². The van der Waals surface area contributed by atoms with Crippen molar-refractivity contribution < 1.29 is 19.4 Å². The van der Waals surface area contributed by atoms with E-state index in [1.165, 1.54) is 7.11 Å². The maximum atomic E-state index is 10.9. The van der Waals surface area contributed by atoms with E-state index in [-0.39, 0.29) is 6.54 Å².